The van der Waals surface area contributed by atoms with Crippen molar-refractivity contribution >= 4 is 38.4 Å². The van der Waals surface area contributed by atoms with E-state index in [9.17, 15) is 26.3 Å². The van der Waals surface area contributed by atoms with E-state index in [1.165, 1.54) is 24.3 Å². The molecular weight excluding hydrogens is 867 g/mol. The lowest BCUT2D eigenvalue weighted by Crippen LogP contribution is -2.43. The molecule has 0 radical (unpaired) electrons. The molecule has 0 bridgehead atoms. The van der Waals surface area contributed by atoms with Gasteiger partial charge in [0.2, 0.25) is 0 Å². The van der Waals surface area contributed by atoms with Gasteiger partial charge in [0.1, 0.15) is 16.1 Å². The molecule has 0 saturated heterocycles. The van der Waals surface area contributed by atoms with Crippen molar-refractivity contribution in [3.8, 4) is 34.8 Å². The molecule has 0 nitrogen and oxygen atoms in total. The molecule has 0 N–H and O–H groups in total. The van der Waals surface area contributed by atoms with Crippen LogP contribution in [0.3, 0.4) is 0 Å². The molecule has 0 fully saturated rings. The van der Waals surface area contributed by atoms with E-state index in [0.717, 1.165) is 24.3 Å². The van der Waals surface area contributed by atoms with Gasteiger partial charge in [0, 0.05) is 0 Å². The SMILES string of the molecule is CC(C)[Si](C#CC(=C=C=C(C#CC(=C=C=C(C#C[Si](C(C)C)(C(C)C)C(C)C)c1ccc(C(F)(F)F)cc1)c1ccccc1)c1ccccc1)c1ccc(C(F)(F)F)cc1)(C(C)C)C(C)C. The summed E-state index contributed by atoms with van der Waals surface area (Å²) in [6.07, 6.45) is -9.01. The van der Waals surface area contributed by atoms with Crippen molar-refractivity contribution in [1.29, 1.82) is 0 Å². The highest BCUT2D eigenvalue weighted by molar-refractivity contribution is 6.91. The molecular formula is C58H60F6Si2. The average molecular weight is 927 g/mol. The maximum atomic E-state index is 13.7. The maximum Gasteiger partial charge on any atom is 0.416 e. The number of rotatable bonds is 10. The van der Waals surface area contributed by atoms with Gasteiger partial charge in [-0.05, 0) is 79.8 Å². The Kier molecular flexibility index (Phi) is 18.1. The third-order valence-electron chi connectivity index (χ3n) is 12.6. The van der Waals surface area contributed by atoms with Crippen molar-refractivity contribution in [3.05, 3.63) is 166 Å². The summed E-state index contributed by atoms with van der Waals surface area (Å²) in [5.41, 5.74) is 24.7. The summed E-state index contributed by atoms with van der Waals surface area (Å²) in [6.45, 7) is 26.3. The molecule has 4 aromatic carbocycles. The van der Waals surface area contributed by atoms with Crippen LogP contribution in [0.5, 0.6) is 0 Å². The highest BCUT2D eigenvalue weighted by Gasteiger charge is 2.43. The number of hydrogen-bond acceptors (Lipinski definition) is 0. The highest BCUT2D eigenvalue weighted by atomic mass is 28.3. The quantitative estimate of drug-likeness (QED) is 0.0643. The molecule has 8 heteroatoms. The summed E-state index contributed by atoms with van der Waals surface area (Å²) in [6, 6.07) is 28.6. The van der Waals surface area contributed by atoms with E-state index in [1.54, 1.807) is 0 Å². The van der Waals surface area contributed by atoms with Gasteiger partial charge in [-0.2, -0.15) is 26.3 Å². The highest BCUT2D eigenvalue weighted by Crippen LogP contribution is 2.42. The second-order valence-electron chi connectivity index (χ2n) is 18.4. The summed E-state index contributed by atoms with van der Waals surface area (Å²) < 4.78 is 82.1. The molecule has 4 aromatic rings. The van der Waals surface area contributed by atoms with Crippen molar-refractivity contribution in [2.75, 3.05) is 0 Å². The molecule has 0 aliphatic heterocycles. The Bertz CT molecular complexity index is 2470. The predicted molar refractivity (Wildman–Crippen MR) is 269 cm³/mol. The van der Waals surface area contributed by atoms with Crippen LogP contribution in [0.25, 0.3) is 22.3 Å². The Morgan fingerprint density at radius 3 is 0.788 bits per heavy atom. The molecule has 342 valence electrons. The fourth-order valence-corrected chi connectivity index (χ4v) is 19.6. The summed E-state index contributed by atoms with van der Waals surface area (Å²) in [4.78, 5) is 0. The largest absolute Gasteiger partial charge is 0.416 e. The van der Waals surface area contributed by atoms with Crippen molar-refractivity contribution in [3.63, 3.8) is 0 Å². The minimum Gasteiger partial charge on any atom is -0.166 e. The monoisotopic (exact) mass is 926 g/mol. The Hall–Kier alpha value is -5.83. The first-order valence-corrected chi connectivity index (χ1v) is 27.0. The minimum absolute atomic E-state index is 0.311. The maximum absolute atomic E-state index is 13.7. The van der Waals surface area contributed by atoms with E-state index in [-0.39, 0.29) is 0 Å². The van der Waals surface area contributed by atoms with Crippen molar-refractivity contribution in [1.82, 2.24) is 0 Å². The van der Waals surface area contributed by atoms with Gasteiger partial charge < -0.3 is 0 Å². The number of benzene rings is 4. The van der Waals surface area contributed by atoms with E-state index in [2.05, 4.69) is 141 Å². The Balaban J connectivity index is 2.19. The Morgan fingerprint density at radius 1 is 0.333 bits per heavy atom. The summed E-state index contributed by atoms with van der Waals surface area (Å²) >= 11 is 0. The Labute approximate surface area is 392 Å². The lowest BCUT2D eigenvalue weighted by Gasteiger charge is -2.38. The lowest BCUT2D eigenvalue weighted by atomic mass is 10.0. The van der Waals surface area contributed by atoms with Crippen LogP contribution in [0.2, 0.25) is 33.2 Å². The van der Waals surface area contributed by atoms with E-state index < -0.39 is 39.6 Å². The zero-order valence-corrected chi connectivity index (χ0v) is 42.1. The molecule has 0 amide bonds. The second-order valence-corrected chi connectivity index (χ2v) is 29.6. The molecule has 0 aliphatic rings. The third-order valence-corrected chi connectivity index (χ3v) is 25.2. The summed E-state index contributed by atoms with van der Waals surface area (Å²) in [7, 11) is -4.57. The van der Waals surface area contributed by atoms with Crippen LogP contribution < -0.4 is 0 Å². The number of allylic oxidation sites excluding steroid dienone is 4. The van der Waals surface area contributed by atoms with E-state index >= 15 is 0 Å². The third kappa shape index (κ3) is 13.0. The van der Waals surface area contributed by atoms with Gasteiger partial charge in [-0.1, -0.05) is 215 Å². The zero-order chi connectivity index (χ0) is 49.0. The average Bonchev–Trinajstić information content (AvgIpc) is 3.25. The van der Waals surface area contributed by atoms with Crippen LogP contribution in [0.15, 0.2) is 132 Å². The van der Waals surface area contributed by atoms with Crippen molar-refractivity contribution in [2.45, 2.75) is 129 Å². The van der Waals surface area contributed by atoms with Gasteiger partial charge in [0.25, 0.3) is 0 Å². The van der Waals surface area contributed by atoms with Crippen LogP contribution >= 0.6 is 0 Å². The molecule has 0 aliphatic carbocycles. The first-order valence-electron chi connectivity index (χ1n) is 22.5. The molecule has 0 aromatic heterocycles. The van der Waals surface area contributed by atoms with Gasteiger partial charge in [-0.25, -0.2) is 0 Å². The molecule has 0 unspecified atom stereocenters. The van der Waals surface area contributed by atoms with Gasteiger partial charge >= 0.3 is 12.4 Å². The van der Waals surface area contributed by atoms with E-state index in [0.29, 0.717) is 77.8 Å². The molecule has 4 rings (SSSR count). The van der Waals surface area contributed by atoms with E-state index in [1.807, 2.05) is 60.7 Å². The van der Waals surface area contributed by atoms with E-state index in [4.69, 9.17) is 0 Å². The predicted octanol–water partition coefficient (Wildman–Crippen LogP) is 17.3. The molecule has 0 saturated carbocycles. The molecule has 66 heavy (non-hydrogen) atoms. The van der Waals surface area contributed by atoms with Gasteiger partial charge in [-0.15, -0.1) is 11.1 Å². The first-order chi connectivity index (χ1) is 30.9. The minimum atomic E-state index is -4.50. The molecule has 0 atom stereocenters. The smallest absolute Gasteiger partial charge is 0.166 e. The lowest BCUT2D eigenvalue weighted by molar-refractivity contribution is -0.138. The standard InChI is InChI=1S/C58H60F6Si2/c1-41(2)65(42(3)4,43(5)6)39-37-53(51-29-33-55(34-30-51)57(59,60)61)27-25-49(47-19-15-13-16-20-47)23-24-50(48-21-17-14-18-22-48)26-28-54(52-31-35-56(36-32-52)58(62,63)64)38-40-66(44(7)8,45(9)10)46(11)12/h13-22,29-36,41-46H,1-12H3. The summed E-state index contributed by atoms with van der Waals surface area (Å²) in [5.74, 6) is 13.3. The topological polar surface area (TPSA) is 0 Å². The molecule has 0 spiro atoms. The fourth-order valence-electron chi connectivity index (χ4n) is 9.15. The Morgan fingerprint density at radius 2 is 0.561 bits per heavy atom. The second kappa shape index (κ2) is 22.6. The van der Waals surface area contributed by atoms with Crippen LogP contribution in [0.4, 0.5) is 26.3 Å². The first kappa shape index (κ1) is 52.8. The zero-order valence-electron chi connectivity index (χ0n) is 40.1. The number of alkyl halides is 6. The van der Waals surface area contributed by atoms with Gasteiger partial charge in [0.05, 0.1) is 33.4 Å². The van der Waals surface area contributed by atoms with Crippen LogP contribution in [0.1, 0.15) is 116 Å². The normalized spacial score (nSPS) is 11.7. The fraction of sp³-hybridized carbons (Fsp3) is 0.345. The van der Waals surface area contributed by atoms with Gasteiger partial charge in [-0.3, -0.25) is 0 Å². The van der Waals surface area contributed by atoms with Crippen LogP contribution in [0, 0.1) is 34.8 Å². The molecule has 0 heterocycles. The number of halogens is 6. The van der Waals surface area contributed by atoms with Crippen LogP contribution in [-0.4, -0.2) is 16.1 Å². The number of hydrogen-bond donors (Lipinski definition) is 0. The van der Waals surface area contributed by atoms with Gasteiger partial charge in [0.15, 0.2) is 0 Å². The van der Waals surface area contributed by atoms with Crippen molar-refractivity contribution in [2.24, 2.45) is 0 Å². The van der Waals surface area contributed by atoms with Crippen LogP contribution in [-0.2, 0) is 12.4 Å². The summed E-state index contributed by atoms with van der Waals surface area (Å²) in [5, 5.41) is 0. The van der Waals surface area contributed by atoms with Crippen molar-refractivity contribution < 1.29 is 26.3 Å².